The van der Waals surface area contributed by atoms with Gasteiger partial charge in [-0.1, -0.05) is 13.8 Å². The predicted octanol–water partition coefficient (Wildman–Crippen LogP) is 1.72. The van der Waals surface area contributed by atoms with Crippen LogP contribution in [-0.2, 0) is 10.0 Å². The Balaban J connectivity index is 2.47. The highest BCUT2D eigenvalue weighted by Crippen LogP contribution is 2.31. The van der Waals surface area contributed by atoms with Crippen molar-refractivity contribution in [1.29, 1.82) is 0 Å². The lowest BCUT2D eigenvalue weighted by molar-refractivity contribution is 0.0963. The summed E-state index contributed by atoms with van der Waals surface area (Å²) in [6.07, 6.45) is 1.02. The first-order valence-electron chi connectivity index (χ1n) is 7.69. The number of methoxy groups -OCH3 is 1. The second-order valence-electron chi connectivity index (χ2n) is 6.21. The summed E-state index contributed by atoms with van der Waals surface area (Å²) in [5.74, 6) is 0.538. The van der Waals surface area contributed by atoms with Gasteiger partial charge in [0.1, 0.15) is 10.6 Å². The van der Waals surface area contributed by atoms with Gasteiger partial charge in [0.2, 0.25) is 10.0 Å². The van der Waals surface area contributed by atoms with Gasteiger partial charge in [0.15, 0.2) is 0 Å². The second kappa shape index (κ2) is 6.88. The first-order valence-corrected chi connectivity index (χ1v) is 9.13. The number of ether oxygens (including phenoxy) is 1. The van der Waals surface area contributed by atoms with Crippen LogP contribution < -0.4 is 10.1 Å². The summed E-state index contributed by atoms with van der Waals surface area (Å²) in [7, 11) is -0.772. The van der Waals surface area contributed by atoms with Crippen molar-refractivity contribution in [2.45, 2.75) is 25.2 Å². The summed E-state index contributed by atoms with van der Waals surface area (Å²) in [5, 5.41) is 2.50. The molecule has 1 aromatic carbocycles. The Morgan fingerprint density at radius 3 is 2.39 bits per heavy atom. The van der Waals surface area contributed by atoms with E-state index in [0.29, 0.717) is 30.5 Å². The van der Waals surface area contributed by atoms with E-state index in [1.165, 1.54) is 30.6 Å². The Labute approximate surface area is 137 Å². The molecule has 2 atom stereocenters. The number of piperidine rings is 1. The molecule has 128 valence electrons. The molecule has 0 radical (unpaired) electrons. The van der Waals surface area contributed by atoms with Crippen molar-refractivity contribution in [2.75, 3.05) is 27.2 Å². The van der Waals surface area contributed by atoms with E-state index in [0.717, 1.165) is 6.42 Å². The van der Waals surface area contributed by atoms with Crippen molar-refractivity contribution in [2.24, 2.45) is 11.8 Å². The molecule has 0 spiro atoms. The minimum atomic E-state index is -3.71. The molecule has 1 aliphatic heterocycles. The number of carbonyl (C=O) groups excluding carboxylic acids is 1. The summed E-state index contributed by atoms with van der Waals surface area (Å²) in [6, 6.07) is 4.46. The van der Waals surface area contributed by atoms with Gasteiger partial charge in [-0.2, -0.15) is 4.31 Å². The van der Waals surface area contributed by atoms with E-state index < -0.39 is 10.0 Å². The highest BCUT2D eigenvalue weighted by atomic mass is 32.2. The maximum Gasteiger partial charge on any atom is 0.251 e. The fourth-order valence-corrected chi connectivity index (χ4v) is 4.97. The van der Waals surface area contributed by atoms with Crippen LogP contribution in [0.4, 0.5) is 0 Å². The molecule has 6 nitrogen and oxygen atoms in total. The molecule has 1 fully saturated rings. The molecule has 1 N–H and O–H groups in total. The lowest BCUT2D eigenvalue weighted by Gasteiger charge is -2.34. The topological polar surface area (TPSA) is 75.7 Å². The number of rotatable bonds is 4. The second-order valence-corrected chi connectivity index (χ2v) is 8.12. The molecule has 0 aliphatic carbocycles. The number of hydrogen-bond acceptors (Lipinski definition) is 4. The molecule has 1 saturated heterocycles. The van der Waals surface area contributed by atoms with Crippen LogP contribution in [0.5, 0.6) is 5.75 Å². The van der Waals surface area contributed by atoms with Crippen molar-refractivity contribution >= 4 is 15.9 Å². The van der Waals surface area contributed by atoms with Gasteiger partial charge in [-0.15, -0.1) is 0 Å². The van der Waals surface area contributed by atoms with Crippen molar-refractivity contribution in [1.82, 2.24) is 9.62 Å². The van der Waals surface area contributed by atoms with E-state index in [1.807, 2.05) is 0 Å². The van der Waals surface area contributed by atoms with E-state index in [9.17, 15) is 13.2 Å². The Morgan fingerprint density at radius 2 is 1.87 bits per heavy atom. The SMILES string of the molecule is CNC(=O)c1ccc(OC)c(S(=O)(=O)N2CC(C)CC(C)C2)c1. The molecule has 7 heteroatoms. The van der Waals surface area contributed by atoms with E-state index in [2.05, 4.69) is 19.2 Å². The van der Waals surface area contributed by atoms with Crippen LogP contribution in [0.2, 0.25) is 0 Å². The van der Waals surface area contributed by atoms with Gasteiger partial charge >= 0.3 is 0 Å². The molecule has 2 unspecified atom stereocenters. The predicted molar refractivity (Wildman–Crippen MR) is 88.1 cm³/mol. The Kier molecular flexibility index (Phi) is 5.31. The number of sulfonamides is 1. The quantitative estimate of drug-likeness (QED) is 0.905. The monoisotopic (exact) mass is 340 g/mol. The smallest absolute Gasteiger partial charge is 0.251 e. The molecule has 1 aromatic rings. The summed E-state index contributed by atoms with van der Waals surface area (Å²) in [5.41, 5.74) is 0.296. The zero-order valence-corrected chi connectivity index (χ0v) is 14.8. The molecule has 23 heavy (non-hydrogen) atoms. The van der Waals surface area contributed by atoms with Crippen molar-refractivity contribution in [3.63, 3.8) is 0 Å². The van der Waals surface area contributed by atoms with Crippen LogP contribution in [0.1, 0.15) is 30.6 Å². The van der Waals surface area contributed by atoms with Crippen LogP contribution in [0.25, 0.3) is 0 Å². The average molecular weight is 340 g/mol. The molecule has 1 heterocycles. The van der Waals surface area contributed by atoms with Gasteiger partial charge in [0.05, 0.1) is 7.11 Å². The maximum atomic E-state index is 13.0. The minimum absolute atomic E-state index is 0.0439. The van der Waals surface area contributed by atoms with E-state index in [4.69, 9.17) is 4.74 Å². The third-order valence-electron chi connectivity index (χ3n) is 4.11. The number of amides is 1. The molecule has 0 bridgehead atoms. The van der Waals surface area contributed by atoms with Gasteiger partial charge in [-0.3, -0.25) is 4.79 Å². The zero-order valence-electron chi connectivity index (χ0n) is 14.0. The summed E-state index contributed by atoms with van der Waals surface area (Å²) in [6.45, 7) is 5.08. The maximum absolute atomic E-state index is 13.0. The normalized spacial score (nSPS) is 22.6. The molecular formula is C16H24N2O4S. The van der Waals surface area contributed by atoms with Crippen LogP contribution in [0.15, 0.2) is 23.1 Å². The standard InChI is InChI=1S/C16H24N2O4S/c1-11-7-12(2)10-18(9-11)23(20,21)15-8-13(16(19)17-3)5-6-14(15)22-4/h5-6,8,11-12H,7,9-10H2,1-4H3,(H,17,19). The number of benzene rings is 1. The van der Waals surface area contributed by atoms with E-state index in [-0.39, 0.29) is 16.6 Å². The van der Waals surface area contributed by atoms with E-state index >= 15 is 0 Å². The summed E-state index contributed by atoms with van der Waals surface area (Å²) < 4.78 is 32.8. The first-order chi connectivity index (χ1) is 10.8. The van der Waals surface area contributed by atoms with Crippen molar-refractivity contribution in [3.05, 3.63) is 23.8 Å². The molecular weight excluding hydrogens is 316 g/mol. The van der Waals surface area contributed by atoms with Gasteiger partial charge < -0.3 is 10.1 Å². The number of nitrogens with zero attached hydrogens (tertiary/aromatic N) is 1. The third kappa shape index (κ3) is 3.67. The molecule has 0 saturated carbocycles. The molecule has 0 aromatic heterocycles. The minimum Gasteiger partial charge on any atom is -0.495 e. The van der Waals surface area contributed by atoms with Gasteiger partial charge in [0.25, 0.3) is 5.91 Å². The van der Waals surface area contributed by atoms with Gasteiger partial charge in [0, 0.05) is 25.7 Å². The fourth-order valence-electron chi connectivity index (χ4n) is 3.10. The Morgan fingerprint density at radius 1 is 1.26 bits per heavy atom. The largest absolute Gasteiger partial charge is 0.495 e. The highest BCUT2D eigenvalue weighted by Gasteiger charge is 2.33. The molecule has 2 rings (SSSR count). The molecule has 1 aliphatic rings. The van der Waals surface area contributed by atoms with Crippen molar-refractivity contribution in [3.8, 4) is 5.75 Å². The highest BCUT2D eigenvalue weighted by molar-refractivity contribution is 7.89. The average Bonchev–Trinajstić information content (AvgIpc) is 2.52. The lowest BCUT2D eigenvalue weighted by Crippen LogP contribution is -2.42. The molecule has 1 amide bonds. The fraction of sp³-hybridized carbons (Fsp3) is 0.562. The third-order valence-corrected chi connectivity index (χ3v) is 5.96. The van der Waals surface area contributed by atoms with Crippen LogP contribution >= 0.6 is 0 Å². The lowest BCUT2D eigenvalue weighted by atomic mass is 9.94. The van der Waals surface area contributed by atoms with Gasteiger partial charge in [-0.25, -0.2) is 8.42 Å². The van der Waals surface area contributed by atoms with Crippen LogP contribution in [0.3, 0.4) is 0 Å². The van der Waals surface area contributed by atoms with Gasteiger partial charge in [-0.05, 0) is 36.5 Å². The Bertz CT molecular complexity index is 677. The number of hydrogen-bond donors (Lipinski definition) is 1. The summed E-state index contributed by atoms with van der Waals surface area (Å²) >= 11 is 0. The Hall–Kier alpha value is -1.60. The van der Waals surface area contributed by atoms with Crippen LogP contribution in [0, 0.1) is 11.8 Å². The zero-order chi connectivity index (χ0) is 17.2. The number of nitrogens with one attached hydrogen (secondary N) is 1. The van der Waals surface area contributed by atoms with Crippen LogP contribution in [-0.4, -0.2) is 45.9 Å². The van der Waals surface area contributed by atoms with E-state index in [1.54, 1.807) is 6.07 Å². The first kappa shape index (κ1) is 17.7. The number of carbonyl (C=O) groups is 1. The summed E-state index contributed by atoms with van der Waals surface area (Å²) in [4.78, 5) is 11.9. The van der Waals surface area contributed by atoms with Crippen molar-refractivity contribution < 1.29 is 17.9 Å².